The van der Waals surface area contributed by atoms with Crippen LogP contribution in [-0.4, -0.2) is 8.42 Å². The number of benzene rings is 2. The van der Waals surface area contributed by atoms with Gasteiger partial charge in [0.2, 0.25) is 0 Å². The second-order valence-electron chi connectivity index (χ2n) is 4.16. The van der Waals surface area contributed by atoms with E-state index in [9.17, 15) is 8.42 Å². The molecule has 0 aliphatic carbocycles. The van der Waals surface area contributed by atoms with Crippen molar-refractivity contribution in [1.82, 2.24) is 0 Å². The molecule has 0 saturated heterocycles. The Kier molecular flexibility index (Phi) is 4.32. The number of nitrogens with two attached hydrogens (primary N) is 1. The predicted octanol–water partition coefficient (Wildman–Crippen LogP) is 2.84. The fourth-order valence-electron chi connectivity index (χ4n) is 1.74. The van der Waals surface area contributed by atoms with Crippen molar-refractivity contribution < 1.29 is 8.42 Å². The molecule has 0 fully saturated rings. The van der Waals surface area contributed by atoms with Gasteiger partial charge < -0.3 is 5.43 Å². The van der Waals surface area contributed by atoms with Crippen molar-refractivity contribution >= 4 is 37.3 Å². The number of hydrogen-bond acceptors (Lipinski definition) is 4. The molecule has 2 rings (SSSR count). The van der Waals surface area contributed by atoms with E-state index in [1.807, 2.05) is 13.0 Å². The van der Waals surface area contributed by atoms with E-state index >= 15 is 0 Å². The Morgan fingerprint density at radius 2 is 1.70 bits per heavy atom. The minimum atomic E-state index is -3.71. The van der Waals surface area contributed by atoms with Crippen LogP contribution in [0.4, 0.5) is 11.4 Å². The Morgan fingerprint density at radius 1 is 1.05 bits per heavy atom. The van der Waals surface area contributed by atoms with Crippen molar-refractivity contribution in [2.75, 3.05) is 10.1 Å². The molecule has 0 aliphatic heterocycles. The minimum absolute atomic E-state index is 0.0990. The van der Waals surface area contributed by atoms with Crippen molar-refractivity contribution in [1.29, 1.82) is 0 Å². The van der Waals surface area contributed by atoms with Crippen LogP contribution in [-0.2, 0) is 10.0 Å². The van der Waals surface area contributed by atoms with Crippen LogP contribution in [0.2, 0.25) is 0 Å². The van der Waals surface area contributed by atoms with Crippen LogP contribution in [0.1, 0.15) is 5.56 Å². The number of halogens is 1. The largest absolute Gasteiger partial charge is 0.323 e. The van der Waals surface area contributed by atoms with Gasteiger partial charge in [-0.05, 0) is 36.8 Å². The monoisotopic (exact) mass is 355 g/mol. The number of para-hydroxylation sites is 1. The second kappa shape index (κ2) is 5.82. The number of sulfonamides is 1. The summed E-state index contributed by atoms with van der Waals surface area (Å²) in [6, 6.07) is 11.8. The molecule has 0 aromatic heterocycles. The van der Waals surface area contributed by atoms with Gasteiger partial charge in [0.25, 0.3) is 10.0 Å². The van der Waals surface area contributed by atoms with Crippen molar-refractivity contribution in [3.05, 3.63) is 52.5 Å². The summed E-state index contributed by atoms with van der Waals surface area (Å²) in [5.41, 5.74) is 4.06. The molecule has 4 N–H and O–H groups in total. The van der Waals surface area contributed by atoms with Gasteiger partial charge in [0.15, 0.2) is 0 Å². The maximum Gasteiger partial charge on any atom is 0.264 e. The molecule has 2 aromatic rings. The highest BCUT2D eigenvalue weighted by Crippen LogP contribution is 2.27. The van der Waals surface area contributed by atoms with E-state index in [1.54, 1.807) is 30.3 Å². The molecule has 7 heteroatoms. The molecular formula is C13H14BrN3O2S. The van der Waals surface area contributed by atoms with Crippen LogP contribution < -0.4 is 16.0 Å². The quantitative estimate of drug-likeness (QED) is 0.581. The van der Waals surface area contributed by atoms with E-state index < -0.39 is 10.0 Å². The number of nitrogens with one attached hydrogen (secondary N) is 2. The molecule has 5 nitrogen and oxygen atoms in total. The average molecular weight is 356 g/mol. The molecule has 20 heavy (non-hydrogen) atoms. The van der Waals surface area contributed by atoms with Gasteiger partial charge in [-0.1, -0.05) is 34.1 Å². The Hall–Kier alpha value is -1.57. The van der Waals surface area contributed by atoms with Gasteiger partial charge >= 0.3 is 0 Å². The molecule has 0 saturated carbocycles. The lowest BCUT2D eigenvalue weighted by Crippen LogP contribution is -2.18. The fraction of sp³-hybridized carbons (Fsp3) is 0.0769. The highest BCUT2D eigenvalue weighted by atomic mass is 79.9. The first-order valence-electron chi connectivity index (χ1n) is 5.79. The van der Waals surface area contributed by atoms with Crippen LogP contribution in [0.3, 0.4) is 0 Å². The minimum Gasteiger partial charge on any atom is -0.323 e. The summed E-state index contributed by atoms with van der Waals surface area (Å²) >= 11 is 3.37. The first-order chi connectivity index (χ1) is 9.45. The summed E-state index contributed by atoms with van der Waals surface area (Å²) in [4.78, 5) is 0.0990. The van der Waals surface area contributed by atoms with Crippen LogP contribution in [0, 0.1) is 6.92 Å². The zero-order valence-corrected chi connectivity index (χ0v) is 13.1. The van der Waals surface area contributed by atoms with Gasteiger partial charge in [0.1, 0.15) is 4.90 Å². The third-order valence-electron chi connectivity index (χ3n) is 2.84. The Labute approximate surface area is 126 Å². The fourth-order valence-corrected chi connectivity index (χ4v) is 3.40. The maximum atomic E-state index is 12.4. The predicted molar refractivity (Wildman–Crippen MR) is 83.9 cm³/mol. The molecule has 0 heterocycles. The van der Waals surface area contributed by atoms with Crippen LogP contribution in [0.5, 0.6) is 0 Å². The molecule has 2 aromatic carbocycles. The van der Waals surface area contributed by atoms with Gasteiger partial charge in [0.05, 0.1) is 11.4 Å². The summed E-state index contributed by atoms with van der Waals surface area (Å²) in [5.74, 6) is 5.34. The van der Waals surface area contributed by atoms with Crippen LogP contribution in [0.15, 0.2) is 51.8 Å². The van der Waals surface area contributed by atoms with Gasteiger partial charge in [-0.15, -0.1) is 0 Å². The summed E-state index contributed by atoms with van der Waals surface area (Å²) in [7, 11) is -3.71. The van der Waals surface area contributed by atoms with Gasteiger partial charge in [-0.3, -0.25) is 10.6 Å². The average Bonchev–Trinajstić information content (AvgIpc) is 2.43. The molecule has 0 atom stereocenters. The maximum absolute atomic E-state index is 12.4. The Bertz CT molecular complexity index is 732. The van der Waals surface area contributed by atoms with Crippen molar-refractivity contribution in [2.24, 2.45) is 5.84 Å². The first kappa shape index (κ1) is 14.8. The summed E-state index contributed by atoms with van der Waals surface area (Å²) in [5, 5.41) is 0. The van der Waals surface area contributed by atoms with Crippen LogP contribution in [0.25, 0.3) is 0 Å². The van der Waals surface area contributed by atoms with E-state index in [2.05, 4.69) is 26.1 Å². The smallest absolute Gasteiger partial charge is 0.264 e. The third-order valence-corrected chi connectivity index (χ3v) is 5.13. The van der Waals surface area contributed by atoms with Crippen molar-refractivity contribution in [3.63, 3.8) is 0 Å². The number of anilines is 2. The summed E-state index contributed by atoms with van der Waals surface area (Å²) in [6.07, 6.45) is 0. The number of hydrogen-bond donors (Lipinski definition) is 3. The van der Waals surface area contributed by atoms with E-state index in [1.165, 1.54) is 6.07 Å². The van der Waals surface area contributed by atoms with Gasteiger partial charge in [0, 0.05) is 4.47 Å². The van der Waals surface area contributed by atoms with E-state index in [0.29, 0.717) is 11.4 Å². The highest BCUT2D eigenvalue weighted by molar-refractivity contribution is 9.10. The molecular weight excluding hydrogens is 342 g/mol. The van der Waals surface area contributed by atoms with E-state index in [-0.39, 0.29) is 4.90 Å². The molecule has 0 aliphatic rings. The topological polar surface area (TPSA) is 84.2 Å². The Balaban J connectivity index is 2.44. The number of hydrazine groups is 1. The van der Waals surface area contributed by atoms with E-state index in [0.717, 1.165) is 10.0 Å². The van der Waals surface area contributed by atoms with Crippen LogP contribution >= 0.6 is 15.9 Å². The zero-order chi connectivity index (χ0) is 14.8. The second-order valence-corrected chi connectivity index (χ2v) is 6.66. The summed E-state index contributed by atoms with van der Waals surface area (Å²) < 4.78 is 28.2. The molecule has 0 bridgehead atoms. The lowest BCUT2D eigenvalue weighted by atomic mass is 10.2. The van der Waals surface area contributed by atoms with E-state index in [4.69, 9.17) is 5.84 Å². The lowest BCUT2D eigenvalue weighted by Gasteiger charge is -2.13. The number of rotatable bonds is 4. The SMILES string of the molecule is Cc1c(Br)cccc1NS(=O)(=O)c1ccccc1NN. The van der Waals surface area contributed by atoms with Gasteiger partial charge in [-0.2, -0.15) is 0 Å². The first-order valence-corrected chi connectivity index (χ1v) is 8.07. The standard InChI is InChI=1S/C13H14BrN3O2S/c1-9-10(14)5-4-7-11(9)17-20(18,19)13-8-3-2-6-12(13)16-15/h2-8,16-17H,15H2,1H3. The Morgan fingerprint density at radius 3 is 2.40 bits per heavy atom. The lowest BCUT2D eigenvalue weighted by molar-refractivity contribution is 0.601. The van der Waals surface area contributed by atoms with Crippen molar-refractivity contribution in [3.8, 4) is 0 Å². The third kappa shape index (κ3) is 2.95. The zero-order valence-electron chi connectivity index (χ0n) is 10.7. The normalized spacial score (nSPS) is 11.2. The van der Waals surface area contributed by atoms with Gasteiger partial charge in [-0.25, -0.2) is 8.42 Å². The molecule has 0 spiro atoms. The highest BCUT2D eigenvalue weighted by Gasteiger charge is 2.19. The molecule has 106 valence electrons. The van der Waals surface area contributed by atoms with Crippen molar-refractivity contribution in [2.45, 2.75) is 11.8 Å². The number of nitrogen functional groups attached to an aromatic ring is 1. The molecule has 0 amide bonds. The summed E-state index contributed by atoms with van der Waals surface area (Å²) in [6.45, 7) is 1.83. The molecule has 0 radical (unpaired) electrons. The molecule has 0 unspecified atom stereocenters.